The topological polar surface area (TPSA) is 49.0 Å². The summed E-state index contributed by atoms with van der Waals surface area (Å²) in [4.78, 5) is 0. The Kier molecular flexibility index (Phi) is 7.82. The maximum Gasteiger partial charge on any atom is 0.166 e. The third-order valence-corrected chi connectivity index (χ3v) is 4.28. The summed E-state index contributed by atoms with van der Waals surface area (Å²) in [5.74, 6) is 2.66. The molecule has 0 heterocycles. The highest BCUT2D eigenvalue weighted by atomic mass is 35.5. The molecule has 0 radical (unpaired) electrons. The van der Waals surface area contributed by atoms with Gasteiger partial charge in [0.25, 0.3) is 0 Å². The van der Waals surface area contributed by atoms with Gasteiger partial charge in [-0.05, 0) is 30.2 Å². The van der Waals surface area contributed by atoms with E-state index in [1.54, 1.807) is 27.4 Å². The molecular weight excluding hydrogens is 366 g/mol. The first kappa shape index (κ1) is 20.9. The van der Waals surface area contributed by atoms with Crippen molar-refractivity contribution < 1.29 is 18.9 Å². The highest BCUT2D eigenvalue weighted by Crippen LogP contribution is 2.34. The molecule has 2 rings (SSSR count). The lowest BCUT2D eigenvalue weighted by atomic mass is 10.1. The van der Waals surface area contributed by atoms with Gasteiger partial charge in [0.05, 0.1) is 21.3 Å². The van der Waals surface area contributed by atoms with Gasteiger partial charge in [-0.1, -0.05) is 30.3 Å². The fraction of sp³-hybridized carbons (Fsp3) is 0.333. The van der Waals surface area contributed by atoms with Crippen LogP contribution >= 0.6 is 11.6 Å². The maximum atomic E-state index is 6.35. The van der Waals surface area contributed by atoms with Crippen molar-refractivity contribution in [1.82, 2.24) is 5.32 Å². The van der Waals surface area contributed by atoms with Crippen LogP contribution in [0.2, 0.25) is 5.02 Å². The van der Waals surface area contributed by atoms with Crippen LogP contribution < -0.4 is 24.3 Å². The van der Waals surface area contributed by atoms with Crippen molar-refractivity contribution in [3.8, 4) is 23.0 Å². The van der Waals surface area contributed by atoms with Gasteiger partial charge in [0.2, 0.25) is 0 Å². The van der Waals surface area contributed by atoms with Crippen LogP contribution in [0.4, 0.5) is 0 Å². The van der Waals surface area contributed by atoms with Crippen molar-refractivity contribution >= 4 is 11.6 Å². The number of hydrogen-bond acceptors (Lipinski definition) is 5. The van der Waals surface area contributed by atoms with E-state index in [-0.39, 0.29) is 0 Å². The first-order valence-electron chi connectivity index (χ1n) is 8.54. The zero-order valence-corrected chi connectivity index (χ0v) is 17.0. The molecule has 2 aromatic carbocycles. The number of nitrogens with one attached hydrogen (secondary N) is 1. The first-order chi connectivity index (χ1) is 13.0. The molecule has 0 amide bonds. The van der Waals surface area contributed by atoms with Crippen molar-refractivity contribution in [3.63, 3.8) is 0 Å². The average Bonchev–Trinajstić information content (AvgIpc) is 2.67. The van der Waals surface area contributed by atoms with Gasteiger partial charge in [-0.15, -0.1) is 0 Å². The van der Waals surface area contributed by atoms with Gasteiger partial charge < -0.3 is 24.3 Å². The lowest BCUT2D eigenvalue weighted by Crippen LogP contribution is -2.15. The Labute approximate surface area is 165 Å². The highest BCUT2D eigenvalue weighted by molar-refractivity contribution is 6.31. The van der Waals surface area contributed by atoms with E-state index in [0.717, 1.165) is 16.7 Å². The molecule has 0 aromatic heterocycles. The minimum absolute atomic E-state index is 0.439. The summed E-state index contributed by atoms with van der Waals surface area (Å²) in [7, 11) is 4.81. The lowest BCUT2D eigenvalue weighted by molar-refractivity contribution is 0.315. The molecule has 0 bridgehead atoms. The standard InChI is InChI=1S/C21H26ClNO4/c1-14(2)13-27-21-15(7-6-8-18(21)24-3)11-23-12-16-9-19(25-4)20(26-5)10-17(16)22/h6-10,23H,1,11-13H2,2-5H3. The van der Waals surface area contributed by atoms with E-state index >= 15 is 0 Å². The Bertz CT molecular complexity index is 792. The average molecular weight is 392 g/mol. The molecule has 2 aromatic rings. The van der Waals surface area contributed by atoms with Gasteiger partial charge in [-0.25, -0.2) is 0 Å². The molecule has 0 saturated heterocycles. The quantitative estimate of drug-likeness (QED) is 0.599. The number of methoxy groups -OCH3 is 3. The van der Waals surface area contributed by atoms with Gasteiger partial charge in [0.15, 0.2) is 23.0 Å². The van der Waals surface area contributed by atoms with Gasteiger partial charge in [0, 0.05) is 29.7 Å². The minimum Gasteiger partial charge on any atom is -0.493 e. The largest absolute Gasteiger partial charge is 0.493 e. The molecule has 0 aliphatic heterocycles. The molecule has 1 N–H and O–H groups in total. The molecule has 6 heteroatoms. The third kappa shape index (κ3) is 5.55. The predicted octanol–water partition coefficient (Wildman–Crippen LogP) is 4.61. The van der Waals surface area contributed by atoms with Crippen molar-refractivity contribution in [2.75, 3.05) is 27.9 Å². The molecule has 0 aliphatic carbocycles. The zero-order chi connectivity index (χ0) is 19.8. The Morgan fingerprint density at radius 3 is 2.22 bits per heavy atom. The van der Waals surface area contributed by atoms with Crippen LogP contribution in [0.15, 0.2) is 42.5 Å². The van der Waals surface area contributed by atoms with E-state index < -0.39 is 0 Å². The molecule has 27 heavy (non-hydrogen) atoms. The molecule has 146 valence electrons. The summed E-state index contributed by atoms with van der Waals surface area (Å²) < 4.78 is 21.9. The Morgan fingerprint density at radius 1 is 0.963 bits per heavy atom. The second-order valence-electron chi connectivity index (χ2n) is 6.10. The predicted molar refractivity (Wildman–Crippen MR) is 108 cm³/mol. The van der Waals surface area contributed by atoms with E-state index in [4.69, 9.17) is 30.5 Å². The number of hydrogen-bond donors (Lipinski definition) is 1. The molecule has 0 spiro atoms. The maximum absolute atomic E-state index is 6.35. The van der Waals surface area contributed by atoms with Crippen LogP contribution in [-0.2, 0) is 13.1 Å². The number of benzene rings is 2. The molecule has 0 fully saturated rings. The Hall–Kier alpha value is -2.37. The second-order valence-corrected chi connectivity index (χ2v) is 6.50. The van der Waals surface area contributed by atoms with Crippen LogP contribution in [0.25, 0.3) is 0 Å². The summed E-state index contributed by atoms with van der Waals surface area (Å²) in [6.45, 7) is 7.40. The summed E-state index contributed by atoms with van der Waals surface area (Å²) >= 11 is 6.35. The van der Waals surface area contributed by atoms with Crippen molar-refractivity contribution in [2.45, 2.75) is 20.0 Å². The monoisotopic (exact) mass is 391 g/mol. The summed E-state index contributed by atoms with van der Waals surface area (Å²) in [6, 6.07) is 9.44. The van der Waals surface area contributed by atoms with Crippen LogP contribution in [0.3, 0.4) is 0 Å². The van der Waals surface area contributed by atoms with Crippen LogP contribution in [0.5, 0.6) is 23.0 Å². The van der Waals surface area contributed by atoms with E-state index in [1.807, 2.05) is 31.2 Å². The first-order valence-corrected chi connectivity index (χ1v) is 8.92. The Balaban J connectivity index is 2.12. The highest BCUT2D eigenvalue weighted by Gasteiger charge is 2.12. The SMILES string of the molecule is C=C(C)COc1c(CNCc2cc(OC)c(OC)cc2Cl)cccc1OC. The van der Waals surface area contributed by atoms with Crippen LogP contribution in [0, 0.1) is 0 Å². The second kappa shape index (κ2) is 10.1. The molecule has 5 nitrogen and oxygen atoms in total. The normalized spacial score (nSPS) is 10.4. The van der Waals surface area contributed by atoms with Crippen LogP contribution in [-0.4, -0.2) is 27.9 Å². The van der Waals surface area contributed by atoms with E-state index in [0.29, 0.717) is 47.7 Å². The number of para-hydroxylation sites is 1. The summed E-state index contributed by atoms with van der Waals surface area (Å²) in [5, 5.41) is 4.00. The number of halogens is 1. The summed E-state index contributed by atoms with van der Waals surface area (Å²) in [5.41, 5.74) is 2.85. The van der Waals surface area contributed by atoms with E-state index in [2.05, 4.69) is 11.9 Å². The fourth-order valence-corrected chi connectivity index (χ4v) is 2.80. The van der Waals surface area contributed by atoms with Gasteiger partial charge in [-0.2, -0.15) is 0 Å². The van der Waals surface area contributed by atoms with E-state index in [9.17, 15) is 0 Å². The lowest BCUT2D eigenvalue weighted by Gasteiger charge is -2.16. The van der Waals surface area contributed by atoms with Gasteiger partial charge in [0.1, 0.15) is 6.61 Å². The fourth-order valence-electron chi connectivity index (χ4n) is 2.58. The molecule has 0 saturated carbocycles. The van der Waals surface area contributed by atoms with Gasteiger partial charge in [-0.3, -0.25) is 0 Å². The van der Waals surface area contributed by atoms with Crippen LogP contribution in [0.1, 0.15) is 18.1 Å². The number of rotatable bonds is 10. The zero-order valence-electron chi connectivity index (χ0n) is 16.2. The number of ether oxygens (including phenoxy) is 4. The smallest absolute Gasteiger partial charge is 0.166 e. The van der Waals surface area contributed by atoms with Crippen molar-refractivity contribution in [2.24, 2.45) is 0 Å². The molecule has 0 atom stereocenters. The van der Waals surface area contributed by atoms with Crippen molar-refractivity contribution in [3.05, 3.63) is 58.6 Å². The van der Waals surface area contributed by atoms with Gasteiger partial charge >= 0.3 is 0 Å². The summed E-state index contributed by atoms with van der Waals surface area (Å²) in [6.07, 6.45) is 0. The molecular formula is C21H26ClNO4. The van der Waals surface area contributed by atoms with Crippen molar-refractivity contribution in [1.29, 1.82) is 0 Å². The third-order valence-electron chi connectivity index (χ3n) is 3.93. The Morgan fingerprint density at radius 2 is 1.59 bits per heavy atom. The molecule has 0 aliphatic rings. The molecule has 0 unspecified atom stereocenters. The minimum atomic E-state index is 0.439. The van der Waals surface area contributed by atoms with E-state index in [1.165, 1.54) is 0 Å².